The molecule has 0 spiro atoms. The molecule has 198 valence electrons. The number of carboxylic acids is 1. The molecule has 0 heterocycles. The topological polar surface area (TPSA) is 75.7 Å². The Bertz CT molecular complexity index is 671. The fraction of sp³-hybridized carbons (Fsp3) is 0.667. The molecule has 1 unspecified atom stereocenters. The lowest BCUT2D eigenvalue weighted by Crippen LogP contribution is -2.33. The normalized spacial score (nSPS) is 12.0. The van der Waals surface area contributed by atoms with Crippen molar-refractivity contribution < 1.29 is 24.2 Å². The van der Waals surface area contributed by atoms with Crippen LogP contribution in [-0.2, 0) is 14.3 Å². The Kier molecular flexibility index (Phi) is 19.5. The number of unbranched alkanes of at least 4 members (excludes halogenated alkanes) is 13. The fourth-order valence-corrected chi connectivity index (χ4v) is 4.01. The van der Waals surface area contributed by atoms with E-state index < -0.39 is 17.9 Å². The number of ether oxygens (including phenoxy) is 2. The summed E-state index contributed by atoms with van der Waals surface area (Å²) in [4.78, 5) is 23.3. The van der Waals surface area contributed by atoms with Crippen LogP contribution in [0.3, 0.4) is 0 Å². The van der Waals surface area contributed by atoms with Crippen LogP contribution >= 0.6 is 0 Å². The van der Waals surface area contributed by atoms with E-state index >= 15 is 0 Å². The van der Waals surface area contributed by atoms with Crippen molar-refractivity contribution in [1.29, 1.82) is 0 Å². The molecule has 0 radical (unpaired) electrons. The summed E-state index contributed by atoms with van der Waals surface area (Å²) in [6.07, 6.45) is 22.2. The number of para-hydroxylation sites is 1. The zero-order valence-electron chi connectivity index (χ0n) is 21.9. The minimum atomic E-state index is -1.21. The summed E-state index contributed by atoms with van der Waals surface area (Å²) in [5, 5.41) is 11.4. The van der Waals surface area contributed by atoms with Gasteiger partial charge in [0, 0.05) is 11.9 Å². The molecule has 35 heavy (non-hydrogen) atoms. The largest absolute Gasteiger partial charge is 0.550 e. The third-order valence-electron chi connectivity index (χ3n) is 6.17. The van der Waals surface area contributed by atoms with E-state index in [-0.39, 0.29) is 26.1 Å². The third-order valence-corrected chi connectivity index (χ3v) is 6.17. The fourth-order valence-electron chi connectivity index (χ4n) is 4.01. The van der Waals surface area contributed by atoms with Gasteiger partial charge in [-0.05, 0) is 31.4 Å². The quantitative estimate of drug-likeness (QED) is 0.0964. The Balaban J connectivity index is 1.99. The first-order valence-electron chi connectivity index (χ1n) is 13.8. The molecule has 1 aromatic rings. The molecule has 0 bridgehead atoms. The molecule has 5 nitrogen and oxygen atoms in total. The Hall–Kier alpha value is -2.30. The second-order valence-corrected chi connectivity index (χ2v) is 9.34. The number of hydrogen-bond acceptors (Lipinski definition) is 5. The van der Waals surface area contributed by atoms with Gasteiger partial charge in [0.25, 0.3) is 0 Å². The van der Waals surface area contributed by atoms with Crippen LogP contribution in [0.15, 0.2) is 42.5 Å². The molecule has 0 aliphatic rings. The van der Waals surface area contributed by atoms with Gasteiger partial charge in [-0.15, -0.1) is 0 Å². The lowest BCUT2D eigenvalue weighted by atomic mass is 10.0. The van der Waals surface area contributed by atoms with E-state index in [1.807, 2.05) is 42.5 Å². The van der Waals surface area contributed by atoms with Gasteiger partial charge in [0.2, 0.25) is 0 Å². The number of carbonyl (C=O) groups excluding carboxylic acids is 2. The number of allylic oxidation sites excluding steroid dienone is 2. The van der Waals surface area contributed by atoms with E-state index in [4.69, 9.17) is 9.47 Å². The molecule has 0 amide bonds. The minimum Gasteiger partial charge on any atom is -0.550 e. The first kappa shape index (κ1) is 30.7. The molecule has 0 saturated carbocycles. The van der Waals surface area contributed by atoms with Gasteiger partial charge in [-0.1, -0.05) is 114 Å². The van der Waals surface area contributed by atoms with E-state index in [1.54, 1.807) is 0 Å². The SMILES string of the molecule is CCCCCCCCCCCCCCCC=CCC(CC(=O)OCCOc1ccccc1)C(=O)[O-]. The first-order valence-corrected chi connectivity index (χ1v) is 13.8. The maximum Gasteiger partial charge on any atom is 0.306 e. The number of esters is 1. The van der Waals surface area contributed by atoms with Crippen LogP contribution < -0.4 is 9.84 Å². The lowest BCUT2D eigenvalue weighted by Gasteiger charge is -2.15. The summed E-state index contributed by atoms with van der Waals surface area (Å²) in [5.41, 5.74) is 0. The summed E-state index contributed by atoms with van der Waals surface area (Å²) in [7, 11) is 0. The predicted molar refractivity (Wildman–Crippen MR) is 140 cm³/mol. The highest BCUT2D eigenvalue weighted by Gasteiger charge is 2.15. The van der Waals surface area contributed by atoms with Crippen molar-refractivity contribution >= 4 is 11.9 Å². The van der Waals surface area contributed by atoms with Gasteiger partial charge in [0.15, 0.2) is 0 Å². The molecule has 5 heteroatoms. The highest BCUT2D eigenvalue weighted by atomic mass is 16.6. The molecule has 0 aromatic heterocycles. The van der Waals surface area contributed by atoms with Gasteiger partial charge in [0.05, 0.1) is 6.42 Å². The van der Waals surface area contributed by atoms with Crippen LogP contribution in [-0.4, -0.2) is 25.2 Å². The second-order valence-electron chi connectivity index (χ2n) is 9.34. The van der Waals surface area contributed by atoms with Gasteiger partial charge in [-0.25, -0.2) is 0 Å². The van der Waals surface area contributed by atoms with Crippen LogP contribution in [0.4, 0.5) is 0 Å². The van der Waals surface area contributed by atoms with Crippen LogP contribution in [0.1, 0.15) is 110 Å². The Labute approximate surface area is 213 Å². The van der Waals surface area contributed by atoms with Gasteiger partial charge in [-0.3, -0.25) is 4.79 Å². The van der Waals surface area contributed by atoms with Crippen molar-refractivity contribution in [3.05, 3.63) is 42.5 Å². The molecule has 0 saturated heterocycles. The van der Waals surface area contributed by atoms with Gasteiger partial charge in [-0.2, -0.15) is 0 Å². The number of rotatable bonds is 23. The molecule has 0 fully saturated rings. The highest BCUT2D eigenvalue weighted by molar-refractivity contribution is 5.77. The van der Waals surface area contributed by atoms with Crippen LogP contribution in [0.25, 0.3) is 0 Å². The zero-order valence-corrected chi connectivity index (χ0v) is 21.9. The van der Waals surface area contributed by atoms with Crippen LogP contribution in [0.2, 0.25) is 0 Å². The summed E-state index contributed by atoms with van der Waals surface area (Å²) in [5.74, 6) is -1.92. The molecular weight excluding hydrogens is 440 g/mol. The number of carbonyl (C=O) groups is 2. The molecule has 0 N–H and O–H groups in total. The predicted octanol–water partition coefficient (Wildman–Crippen LogP) is 6.79. The highest BCUT2D eigenvalue weighted by Crippen LogP contribution is 2.14. The lowest BCUT2D eigenvalue weighted by molar-refractivity contribution is -0.311. The maximum atomic E-state index is 11.9. The van der Waals surface area contributed by atoms with Gasteiger partial charge >= 0.3 is 5.97 Å². The third kappa shape index (κ3) is 18.7. The average Bonchev–Trinajstić information content (AvgIpc) is 2.86. The molecule has 1 rings (SSSR count). The molecule has 0 aliphatic heterocycles. The zero-order chi connectivity index (χ0) is 25.4. The number of benzene rings is 1. The van der Waals surface area contributed by atoms with E-state index in [1.165, 1.54) is 77.0 Å². The second kappa shape index (κ2) is 22.2. The standard InChI is InChI=1S/C30H48O5/c1-2-3-4-5-6-7-8-9-10-11-12-13-14-15-16-18-21-27(30(32)33)26-29(31)35-25-24-34-28-22-19-17-20-23-28/h16-20,22-23,27H,2-15,21,24-26H2,1H3,(H,32,33)/p-1. The van der Waals surface area contributed by atoms with Crippen molar-refractivity contribution in [3.8, 4) is 5.75 Å². The Morgan fingerprint density at radius 3 is 1.94 bits per heavy atom. The van der Waals surface area contributed by atoms with Gasteiger partial charge < -0.3 is 19.4 Å². The first-order chi connectivity index (χ1) is 17.1. The smallest absolute Gasteiger partial charge is 0.306 e. The minimum absolute atomic E-state index is 0.0857. The summed E-state index contributed by atoms with van der Waals surface area (Å²) in [6, 6.07) is 9.24. The molecule has 0 aliphatic carbocycles. The number of carboxylic acid groups (broad SMARTS) is 1. The van der Waals surface area contributed by atoms with Crippen LogP contribution in [0, 0.1) is 5.92 Å². The monoisotopic (exact) mass is 487 g/mol. The number of hydrogen-bond donors (Lipinski definition) is 0. The van der Waals surface area contributed by atoms with Crippen molar-refractivity contribution in [1.82, 2.24) is 0 Å². The van der Waals surface area contributed by atoms with Crippen molar-refractivity contribution in [3.63, 3.8) is 0 Å². The van der Waals surface area contributed by atoms with Crippen molar-refractivity contribution in [2.45, 2.75) is 110 Å². The summed E-state index contributed by atoms with van der Waals surface area (Å²) in [6.45, 7) is 2.57. The molecule has 1 aromatic carbocycles. The summed E-state index contributed by atoms with van der Waals surface area (Å²) < 4.78 is 10.6. The van der Waals surface area contributed by atoms with Crippen molar-refractivity contribution in [2.24, 2.45) is 5.92 Å². The van der Waals surface area contributed by atoms with Crippen molar-refractivity contribution in [2.75, 3.05) is 13.2 Å². The molecular formula is C30H47O5-. The van der Waals surface area contributed by atoms with E-state index in [2.05, 4.69) is 6.92 Å². The van der Waals surface area contributed by atoms with Crippen LogP contribution in [0.5, 0.6) is 5.75 Å². The maximum absolute atomic E-state index is 11.9. The Morgan fingerprint density at radius 2 is 1.37 bits per heavy atom. The van der Waals surface area contributed by atoms with E-state index in [0.29, 0.717) is 5.75 Å². The summed E-state index contributed by atoms with van der Waals surface area (Å²) >= 11 is 0. The Morgan fingerprint density at radius 1 is 0.800 bits per heavy atom. The average molecular weight is 488 g/mol. The number of aliphatic carboxylic acids is 1. The van der Waals surface area contributed by atoms with Gasteiger partial charge in [0.1, 0.15) is 19.0 Å². The van der Waals surface area contributed by atoms with E-state index in [0.717, 1.165) is 12.8 Å². The van der Waals surface area contributed by atoms with E-state index in [9.17, 15) is 14.7 Å². The molecule has 1 atom stereocenters.